The molecular weight excluding hydrogens is 288 g/mol. The van der Waals surface area contributed by atoms with Gasteiger partial charge in [-0.2, -0.15) is 0 Å². The van der Waals surface area contributed by atoms with Gasteiger partial charge in [0.25, 0.3) is 0 Å². The van der Waals surface area contributed by atoms with E-state index in [4.69, 9.17) is 5.84 Å². The zero-order valence-electron chi connectivity index (χ0n) is 12.4. The predicted octanol–water partition coefficient (Wildman–Crippen LogP) is 1.86. The van der Waals surface area contributed by atoms with Gasteiger partial charge in [-0.25, -0.2) is 13.1 Å². The van der Waals surface area contributed by atoms with Gasteiger partial charge in [-0.3, -0.25) is 10.8 Å². The molecule has 0 bridgehead atoms. The lowest BCUT2D eigenvalue weighted by molar-refractivity contribution is 0.270. The molecule has 7 heteroatoms. The number of hydrogen-bond acceptors (Lipinski definition) is 5. The summed E-state index contributed by atoms with van der Waals surface area (Å²) in [6.45, 7) is 2.70. The number of nitrogens with zero attached hydrogens (tertiary/aromatic N) is 1. The van der Waals surface area contributed by atoms with Gasteiger partial charge in [-0.05, 0) is 30.7 Å². The van der Waals surface area contributed by atoms with Crippen molar-refractivity contribution < 1.29 is 8.42 Å². The first-order valence-corrected chi connectivity index (χ1v) is 8.95. The third-order valence-electron chi connectivity index (χ3n) is 4.34. The maximum absolute atomic E-state index is 12.3. The van der Waals surface area contributed by atoms with Crippen molar-refractivity contribution in [2.45, 2.75) is 43.9 Å². The van der Waals surface area contributed by atoms with Crippen LogP contribution in [0.25, 0.3) is 0 Å². The summed E-state index contributed by atoms with van der Waals surface area (Å²) in [4.78, 5) is 3.95. The van der Waals surface area contributed by atoms with E-state index < -0.39 is 10.0 Å². The maximum Gasteiger partial charge on any atom is 0.244 e. The zero-order chi connectivity index (χ0) is 15.3. The molecule has 0 spiro atoms. The van der Waals surface area contributed by atoms with Gasteiger partial charge in [0.05, 0.1) is 5.69 Å². The summed E-state index contributed by atoms with van der Waals surface area (Å²) in [5.74, 6) is 6.58. The number of pyridine rings is 1. The third kappa shape index (κ3) is 4.15. The van der Waals surface area contributed by atoms with Crippen LogP contribution in [0.15, 0.2) is 23.4 Å². The second-order valence-corrected chi connectivity index (χ2v) is 7.40. The summed E-state index contributed by atoms with van der Waals surface area (Å²) < 4.78 is 27.3. The van der Waals surface area contributed by atoms with Crippen molar-refractivity contribution in [2.75, 3.05) is 12.0 Å². The average molecular weight is 312 g/mol. The van der Waals surface area contributed by atoms with E-state index in [1.807, 2.05) is 0 Å². The summed E-state index contributed by atoms with van der Waals surface area (Å²) in [6, 6.07) is 1.54. The van der Waals surface area contributed by atoms with Crippen LogP contribution in [0.4, 0.5) is 5.69 Å². The molecule has 1 fully saturated rings. The molecule has 4 N–H and O–H groups in total. The van der Waals surface area contributed by atoms with Crippen molar-refractivity contribution in [3.8, 4) is 0 Å². The molecule has 0 atom stereocenters. The Hall–Kier alpha value is -1.18. The molecular formula is C14H24N4O2S. The molecule has 118 valence electrons. The molecule has 1 aromatic rings. The monoisotopic (exact) mass is 312 g/mol. The number of nitrogens with two attached hydrogens (primary N) is 1. The Morgan fingerprint density at radius 1 is 1.29 bits per heavy atom. The van der Waals surface area contributed by atoms with E-state index in [1.54, 1.807) is 6.07 Å². The highest BCUT2D eigenvalue weighted by Gasteiger charge is 2.23. The molecule has 1 aromatic heterocycles. The number of nitrogens with one attached hydrogen (secondary N) is 2. The number of aromatic nitrogens is 1. The molecule has 0 amide bonds. The van der Waals surface area contributed by atoms with Crippen molar-refractivity contribution in [2.24, 2.45) is 17.7 Å². The summed E-state index contributed by atoms with van der Waals surface area (Å²) in [7, 11) is -3.58. The first-order valence-electron chi connectivity index (χ1n) is 7.47. The Balaban J connectivity index is 1.96. The van der Waals surface area contributed by atoms with Crippen molar-refractivity contribution in [3.05, 3.63) is 18.5 Å². The number of hydrazine groups is 1. The molecule has 0 saturated heterocycles. The normalized spacial score (nSPS) is 23.0. The fraction of sp³-hybridized carbons (Fsp3) is 0.643. The van der Waals surface area contributed by atoms with Gasteiger partial charge in [0.1, 0.15) is 4.90 Å². The van der Waals surface area contributed by atoms with Gasteiger partial charge in [0.2, 0.25) is 10.0 Å². The van der Waals surface area contributed by atoms with Crippen molar-refractivity contribution in [1.82, 2.24) is 9.71 Å². The molecule has 1 heterocycles. The van der Waals surface area contributed by atoms with Crippen LogP contribution in [-0.4, -0.2) is 19.9 Å². The highest BCUT2D eigenvalue weighted by molar-refractivity contribution is 7.89. The Kier molecular flexibility index (Phi) is 5.55. The molecule has 1 saturated carbocycles. The van der Waals surface area contributed by atoms with Gasteiger partial charge in [-0.15, -0.1) is 0 Å². The molecule has 6 nitrogen and oxygen atoms in total. The molecule has 2 rings (SSSR count). The zero-order valence-corrected chi connectivity index (χ0v) is 13.2. The van der Waals surface area contributed by atoms with E-state index in [0.29, 0.717) is 18.2 Å². The molecule has 1 aliphatic carbocycles. The Bertz CT molecular complexity index is 554. The van der Waals surface area contributed by atoms with E-state index in [2.05, 4.69) is 22.1 Å². The second-order valence-electron chi connectivity index (χ2n) is 5.66. The highest BCUT2D eigenvalue weighted by Crippen LogP contribution is 2.30. The fourth-order valence-corrected chi connectivity index (χ4v) is 4.09. The van der Waals surface area contributed by atoms with Gasteiger partial charge in [0.15, 0.2) is 0 Å². The largest absolute Gasteiger partial charge is 0.323 e. The highest BCUT2D eigenvalue weighted by atomic mass is 32.2. The van der Waals surface area contributed by atoms with Gasteiger partial charge < -0.3 is 5.43 Å². The predicted molar refractivity (Wildman–Crippen MR) is 83.0 cm³/mol. The van der Waals surface area contributed by atoms with Crippen molar-refractivity contribution in [3.63, 3.8) is 0 Å². The number of anilines is 1. The van der Waals surface area contributed by atoms with Crippen LogP contribution < -0.4 is 16.0 Å². The Morgan fingerprint density at radius 3 is 2.57 bits per heavy atom. The van der Waals surface area contributed by atoms with Gasteiger partial charge >= 0.3 is 0 Å². The van der Waals surface area contributed by atoms with Crippen LogP contribution in [0, 0.1) is 11.8 Å². The summed E-state index contributed by atoms with van der Waals surface area (Å²) >= 11 is 0. The number of nitrogen functional groups attached to an aromatic ring is 1. The molecule has 0 unspecified atom stereocenters. The minimum Gasteiger partial charge on any atom is -0.323 e. The maximum atomic E-state index is 12.3. The molecule has 0 aliphatic heterocycles. The SMILES string of the molecule is CCC1CCC(CNS(=O)(=O)c2cnccc2NN)CC1. The molecule has 0 aromatic carbocycles. The second kappa shape index (κ2) is 7.20. The van der Waals surface area contributed by atoms with E-state index in [-0.39, 0.29) is 4.90 Å². The van der Waals surface area contributed by atoms with Crippen LogP contribution in [-0.2, 0) is 10.0 Å². The summed E-state index contributed by atoms with van der Waals surface area (Å²) in [5, 5.41) is 0. The minimum absolute atomic E-state index is 0.0924. The van der Waals surface area contributed by atoms with E-state index >= 15 is 0 Å². The van der Waals surface area contributed by atoms with E-state index in [1.165, 1.54) is 31.7 Å². The van der Waals surface area contributed by atoms with E-state index in [0.717, 1.165) is 18.8 Å². The van der Waals surface area contributed by atoms with Crippen LogP contribution in [0.3, 0.4) is 0 Å². The first-order chi connectivity index (χ1) is 10.1. The van der Waals surface area contributed by atoms with Crippen LogP contribution in [0.1, 0.15) is 39.0 Å². The quantitative estimate of drug-likeness (QED) is 0.550. The number of sulfonamides is 1. The van der Waals surface area contributed by atoms with Crippen LogP contribution in [0.5, 0.6) is 0 Å². The topological polar surface area (TPSA) is 97.1 Å². The van der Waals surface area contributed by atoms with Crippen LogP contribution in [0.2, 0.25) is 0 Å². The molecule has 21 heavy (non-hydrogen) atoms. The smallest absolute Gasteiger partial charge is 0.244 e. The average Bonchev–Trinajstić information content (AvgIpc) is 2.53. The van der Waals surface area contributed by atoms with Gasteiger partial charge in [-0.1, -0.05) is 26.2 Å². The van der Waals surface area contributed by atoms with Crippen molar-refractivity contribution >= 4 is 15.7 Å². The van der Waals surface area contributed by atoms with E-state index in [9.17, 15) is 8.42 Å². The lowest BCUT2D eigenvalue weighted by Crippen LogP contribution is -2.32. The third-order valence-corrected chi connectivity index (χ3v) is 5.79. The number of rotatable bonds is 6. The standard InChI is InChI=1S/C14H24N4O2S/c1-2-11-3-5-12(6-4-11)9-17-21(19,20)14-10-16-8-7-13(14)18-15/h7-8,10-12,17H,2-6,9,15H2,1H3,(H,16,18). The van der Waals surface area contributed by atoms with Crippen molar-refractivity contribution in [1.29, 1.82) is 0 Å². The lowest BCUT2D eigenvalue weighted by atomic mass is 9.81. The summed E-state index contributed by atoms with van der Waals surface area (Å²) in [5.41, 5.74) is 2.75. The fourth-order valence-electron chi connectivity index (χ4n) is 2.86. The van der Waals surface area contributed by atoms with Crippen LogP contribution >= 0.6 is 0 Å². The van der Waals surface area contributed by atoms with Gasteiger partial charge in [0, 0.05) is 18.9 Å². The lowest BCUT2D eigenvalue weighted by Gasteiger charge is -2.27. The number of hydrogen-bond donors (Lipinski definition) is 3. The Morgan fingerprint density at radius 2 is 1.95 bits per heavy atom. The minimum atomic E-state index is -3.58. The first kappa shape index (κ1) is 16.2. The summed E-state index contributed by atoms with van der Waals surface area (Å²) in [6.07, 6.45) is 8.62. The Labute approximate surface area is 126 Å². The molecule has 0 radical (unpaired) electrons. The molecule has 1 aliphatic rings.